The van der Waals surface area contributed by atoms with Crippen molar-refractivity contribution < 1.29 is 41.8 Å². The molecule has 2 aromatic carbocycles. The highest BCUT2D eigenvalue weighted by Gasteiger charge is 2.66. The highest BCUT2D eigenvalue weighted by Crippen LogP contribution is 2.57. The monoisotopic (exact) mass is 729 g/mol. The summed E-state index contributed by atoms with van der Waals surface area (Å²) in [6, 6.07) is 8.83. The highest BCUT2D eigenvalue weighted by molar-refractivity contribution is 6.31. The van der Waals surface area contributed by atoms with Gasteiger partial charge in [-0.1, -0.05) is 69.1 Å². The summed E-state index contributed by atoms with van der Waals surface area (Å²) in [5.74, 6) is -4.26. The lowest BCUT2D eigenvalue weighted by atomic mass is 9.62. The van der Waals surface area contributed by atoms with Crippen molar-refractivity contribution in [2.45, 2.75) is 95.8 Å². The smallest absolute Gasteiger partial charge is 0.475 e. The van der Waals surface area contributed by atoms with E-state index in [1.807, 2.05) is 17.9 Å². The predicted octanol–water partition coefficient (Wildman–Crippen LogP) is 7.51. The number of benzene rings is 2. The summed E-state index contributed by atoms with van der Waals surface area (Å²) in [7, 11) is 0. The lowest BCUT2D eigenvalue weighted by Gasteiger charge is -2.38. The molecule has 0 saturated carbocycles. The topological polar surface area (TPSA) is 116 Å². The van der Waals surface area contributed by atoms with Crippen LogP contribution in [0, 0.1) is 17.2 Å². The summed E-state index contributed by atoms with van der Waals surface area (Å²) in [5, 5.41) is 14.2. The second-order valence-corrected chi connectivity index (χ2v) is 15.0. The number of nitrogens with zero attached hydrogens (tertiary/aromatic N) is 1. The van der Waals surface area contributed by atoms with Crippen LogP contribution in [0.2, 0.25) is 10.0 Å². The molecule has 2 amide bonds. The fraction of sp³-hybridized carbons (Fsp3) is 0.543. The van der Waals surface area contributed by atoms with Gasteiger partial charge in [0.05, 0.1) is 11.1 Å². The SMILES string of the molecule is CCCC(=O)N1CCC(CC(=O)[C@@H]2N[C@H](CC(C)(C)C)[C@]3(C(=O)Nc4cc(Cl)ccc43)[C@H]2c2cccc(Cl)c2F)CC1.O=C(O)C(F)(F)F. The van der Waals surface area contributed by atoms with Crippen LogP contribution in [0.15, 0.2) is 36.4 Å². The third-order valence-electron chi connectivity index (χ3n) is 9.45. The molecule has 268 valence electrons. The van der Waals surface area contributed by atoms with Crippen LogP contribution in [-0.2, 0) is 24.6 Å². The molecule has 0 bridgehead atoms. The second kappa shape index (κ2) is 14.9. The van der Waals surface area contributed by atoms with Crippen LogP contribution in [0.25, 0.3) is 0 Å². The second-order valence-electron chi connectivity index (χ2n) is 14.1. The van der Waals surface area contributed by atoms with Gasteiger partial charge < -0.3 is 20.6 Å². The Balaban J connectivity index is 0.000000698. The Morgan fingerprint density at radius 3 is 2.27 bits per heavy atom. The fourth-order valence-electron chi connectivity index (χ4n) is 7.37. The maximum atomic E-state index is 15.9. The number of alkyl halides is 3. The molecule has 1 spiro atoms. The number of halogens is 6. The standard InChI is InChI=1S/C33H40Cl2FN3O3.C2HF3O2/c1-5-7-27(41)39-14-12-19(13-15-39)16-25(40)30-28(21-8-6-9-23(35)29(21)36)33(26(38-30)18-32(2,3)4)22-11-10-20(34)17-24(22)37-31(33)42;3-2(4,5)1(6)7/h6,8-11,17,19,26,28,30,38H,5,7,12-16,18H2,1-4H3,(H,37,42);(H,6,7)/t26-,28+,30+,33+;/m1./s1. The minimum absolute atomic E-state index is 0.0491. The number of carbonyl (C=O) groups excluding carboxylic acids is 3. The highest BCUT2D eigenvalue weighted by atomic mass is 35.5. The lowest BCUT2D eigenvalue weighted by Crippen LogP contribution is -2.49. The molecule has 2 aromatic rings. The number of fused-ring (bicyclic) bond motifs is 2. The number of hydrogen-bond donors (Lipinski definition) is 3. The minimum Gasteiger partial charge on any atom is -0.475 e. The summed E-state index contributed by atoms with van der Waals surface area (Å²) < 4.78 is 47.7. The quantitative estimate of drug-likeness (QED) is 0.254. The molecule has 3 heterocycles. The van der Waals surface area contributed by atoms with Crippen LogP contribution in [-0.4, -0.2) is 64.9 Å². The molecule has 0 unspecified atom stereocenters. The number of likely N-dealkylation sites (tertiary alicyclic amines) is 1. The van der Waals surface area contributed by atoms with Gasteiger partial charge in [0.2, 0.25) is 11.8 Å². The Hall–Kier alpha value is -3.22. The molecule has 5 rings (SSSR count). The van der Waals surface area contributed by atoms with Crippen LogP contribution in [0.1, 0.15) is 83.3 Å². The van der Waals surface area contributed by atoms with Crippen LogP contribution < -0.4 is 10.6 Å². The Kier molecular flexibility index (Phi) is 11.8. The van der Waals surface area contributed by atoms with Crippen molar-refractivity contribution in [3.8, 4) is 0 Å². The van der Waals surface area contributed by atoms with Crippen LogP contribution in [0.5, 0.6) is 0 Å². The van der Waals surface area contributed by atoms with Gasteiger partial charge in [-0.2, -0.15) is 13.2 Å². The molecule has 0 aromatic heterocycles. The van der Waals surface area contributed by atoms with Gasteiger partial charge in [-0.05, 0) is 66.3 Å². The maximum Gasteiger partial charge on any atom is 0.490 e. The van der Waals surface area contributed by atoms with E-state index < -0.39 is 41.4 Å². The Labute approximate surface area is 292 Å². The molecule has 14 heteroatoms. The average molecular weight is 731 g/mol. The zero-order valence-electron chi connectivity index (χ0n) is 27.7. The number of anilines is 1. The van der Waals surface area contributed by atoms with E-state index in [2.05, 4.69) is 31.4 Å². The van der Waals surface area contributed by atoms with Gasteiger partial charge in [-0.3, -0.25) is 14.4 Å². The number of hydrogen-bond acceptors (Lipinski definition) is 5. The number of nitrogens with one attached hydrogen (secondary N) is 2. The third-order valence-corrected chi connectivity index (χ3v) is 9.98. The summed E-state index contributed by atoms with van der Waals surface area (Å²) in [4.78, 5) is 51.7. The first-order valence-corrected chi connectivity index (χ1v) is 17.0. The van der Waals surface area contributed by atoms with Gasteiger partial charge in [0.1, 0.15) is 11.2 Å². The molecule has 3 N–H and O–H groups in total. The van der Waals surface area contributed by atoms with Crippen LogP contribution >= 0.6 is 23.2 Å². The van der Waals surface area contributed by atoms with Gasteiger partial charge in [0.25, 0.3) is 0 Å². The molecule has 0 aliphatic carbocycles. The van der Waals surface area contributed by atoms with Crippen molar-refractivity contribution in [1.29, 1.82) is 0 Å². The zero-order valence-corrected chi connectivity index (χ0v) is 29.2. The molecule has 3 aliphatic heterocycles. The van der Waals surface area contributed by atoms with Gasteiger partial charge in [-0.25, -0.2) is 9.18 Å². The van der Waals surface area contributed by atoms with Crippen LogP contribution in [0.3, 0.4) is 0 Å². The van der Waals surface area contributed by atoms with Crippen molar-refractivity contribution in [2.75, 3.05) is 18.4 Å². The normalized spacial score (nSPS) is 23.9. The number of carboxylic acid groups (broad SMARTS) is 1. The molecule has 3 aliphatic rings. The van der Waals surface area contributed by atoms with E-state index in [1.165, 1.54) is 6.07 Å². The maximum absolute atomic E-state index is 15.9. The summed E-state index contributed by atoms with van der Waals surface area (Å²) in [5.41, 5.74) is 0.0872. The zero-order chi connectivity index (χ0) is 36.5. The predicted molar refractivity (Wildman–Crippen MR) is 178 cm³/mol. The first-order chi connectivity index (χ1) is 22.8. The number of amides is 2. The van der Waals surface area contributed by atoms with E-state index in [0.29, 0.717) is 48.6 Å². The van der Waals surface area contributed by atoms with Crippen LogP contribution in [0.4, 0.5) is 23.2 Å². The van der Waals surface area contributed by atoms with E-state index >= 15 is 4.39 Å². The first-order valence-electron chi connectivity index (χ1n) is 16.2. The molecule has 0 radical (unpaired) electrons. The van der Waals surface area contributed by atoms with E-state index in [4.69, 9.17) is 33.1 Å². The molecular formula is C35H41Cl2F4N3O5. The summed E-state index contributed by atoms with van der Waals surface area (Å²) in [6.07, 6.45) is -1.39. The first kappa shape index (κ1) is 38.6. The number of piperidine rings is 1. The molecule has 49 heavy (non-hydrogen) atoms. The van der Waals surface area contributed by atoms with Gasteiger partial charge in [0.15, 0.2) is 5.78 Å². The summed E-state index contributed by atoms with van der Waals surface area (Å²) in [6.45, 7) is 9.54. The Morgan fingerprint density at radius 2 is 1.69 bits per heavy atom. The molecular weight excluding hydrogens is 689 g/mol. The Bertz CT molecular complexity index is 1590. The lowest BCUT2D eigenvalue weighted by molar-refractivity contribution is -0.192. The van der Waals surface area contributed by atoms with E-state index in [9.17, 15) is 27.6 Å². The van der Waals surface area contributed by atoms with Gasteiger partial charge in [0, 0.05) is 48.6 Å². The fourth-order valence-corrected chi connectivity index (χ4v) is 7.73. The average Bonchev–Trinajstić information content (AvgIpc) is 3.48. The number of ketones is 1. The number of carboxylic acids is 1. The van der Waals surface area contributed by atoms with Crippen molar-refractivity contribution in [3.63, 3.8) is 0 Å². The van der Waals surface area contributed by atoms with Crippen molar-refractivity contribution in [2.24, 2.45) is 11.3 Å². The Morgan fingerprint density at radius 1 is 1.06 bits per heavy atom. The number of rotatable bonds is 7. The summed E-state index contributed by atoms with van der Waals surface area (Å²) >= 11 is 12.6. The van der Waals surface area contributed by atoms with E-state index in [-0.39, 0.29) is 39.5 Å². The van der Waals surface area contributed by atoms with Crippen molar-refractivity contribution in [1.82, 2.24) is 10.2 Å². The van der Waals surface area contributed by atoms with Crippen molar-refractivity contribution >= 4 is 52.5 Å². The van der Waals surface area contributed by atoms with Crippen molar-refractivity contribution in [3.05, 3.63) is 63.4 Å². The molecule has 8 nitrogen and oxygen atoms in total. The number of Topliss-reactive ketones (excluding diaryl/α,β-unsaturated/α-hetero) is 1. The molecule has 2 saturated heterocycles. The van der Waals surface area contributed by atoms with Gasteiger partial charge in [-0.15, -0.1) is 0 Å². The van der Waals surface area contributed by atoms with Gasteiger partial charge >= 0.3 is 12.1 Å². The molecule has 4 atom stereocenters. The number of aliphatic carboxylic acids is 1. The molecule has 2 fully saturated rings. The largest absolute Gasteiger partial charge is 0.490 e. The number of carbonyl (C=O) groups is 4. The minimum atomic E-state index is -5.08. The van der Waals surface area contributed by atoms with E-state index in [0.717, 1.165) is 19.3 Å². The van der Waals surface area contributed by atoms with E-state index in [1.54, 1.807) is 24.3 Å². The third kappa shape index (κ3) is 8.23.